The number of benzene rings is 2. The molecule has 0 aromatic heterocycles. The number of hydrogen-bond donors (Lipinski definition) is 1. The molecular formula is C19H23NO3S. The van der Waals surface area contributed by atoms with Gasteiger partial charge in [0.2, 0.25) is 0 Å². The van der Waals surface area contributed by atoms with Crippen LogP contribution in [0.15, 0.2) is 47.4 Å². The summed E-state index contributed by atoms with van der Waals surface area (Å²) in [7, 11) is 1.59. The van der Waals surface area contributed by atoms with Gasteiger partial charge in [-0.25, -0.2) is 0 Å². The fourth-order valence-electron chi connectivity index (χ4n) is 2.08. The van der Waals surface area contributed by atoms with Crippen LogP contribution in [0.3, 0.4) is 0 Å². The monoisotopic (exact) mass is 345 g/mol. The minimum atomic E-state index is -0.137. The number of rotatable bonds is 8. The van der Waals surface area contributed by atoms with Crippen molar-refractivity contribution in [3.05, 3.63) is 53.6 Å². The highest BCUT2D eigenvalue weighted by molar-refractivity contribution is 7.99. The Labute approximate surface area is 147 Å². The maximum Gasteiger partial charge on any atom is 0.257 e. The summed E-state index contributed by atoms with van der Waals surface area (Å²) in [6, 6.07) is 14.0. The highest BCUT2D eigenvalue weighted by Crippen LogP contribution is 2.27. The van der Waals surface area contributed by atoms with Gasteiger partial charge in [0, 0.05) is 17.2 Å². The lowest BCUT2D eigenvalue weighted by molar-refractivity contribution is -0.122. The first kappa shape index (κ1) is 18.2. The molecule has 0 aliphatic rings. The number of hydrogen-bond acceptors (Lipinski definition) is 4. The van der Waals surface area contributed by atoms with E-state index in [9.17, 15) is 4.79 Å². The van der Waals surface area contributed by atoms with Crippen molar-refractivity contribution >= 4 is 17.7 Å². The second kappa shape index (κ2) is 9.23. The zero-order valence-corrected chi connectivity index (χ0v) is 15.1. The van der Waals surface area contributed by atoms with Gasteiger partial charge in [0.05, 0.1) is 7.11 Å². The van der Waals surface area contributed by atoms with E-state index in [2.05, 4.69) is 36.5 Å². The van der Waals surface area contributed by atoms with Gasteiger partial charge in [0.1, 0.15) is 0 Å². The predicted molar refractivity (Wildman–Crippen MR) is 98.1 cm³/mol. The molecule has 2 aromatic rings. The Balaban J connectivity index is 1.69. The molecule has 4 nitrogen and oxygen atoms in total. The van der Waals surface area contributed by atoms with Crippen molar-refractivity contribution in [3.63, 3.8) is 0 Å². The first-order valence-corrected chi connectivity index (χ1v) is 8.80. The molecule has 0 fully saturated rings. The van der Waals surface area contributed by atoms with E-state index in [0.717, 1.165) is 11.3 Å². The number of thioether (sulfide) groups is 1. The maximum atomic E-state index is 11.9. The first-order valence-electron chi connectivity index (χ1n) is 7.82. The molecule has 0 radical (unpaired) electrons. The van der Waals surface area contributed by atoms with Crippen LogP contribution in [0.4, 0.5) is 0 Å². The van der Waals surface area contributed by atoms with Crippen LogP contribution in [0.25, 0.3) is 0 Å². The molecule has 2 rings (SSSR count). The van der Waals surface area contributed by atoms with E-state index in [1.54, 1.807) is 18.9 Å². The molecule has 1 N–H and O–H groups in total. The van der Waals surface area contributed by atoms with Gasteiger partial charge in [-0.2, -0.15) is 0 Å². The molecule has 0 spiro atoms. The number of amides is 1. The number of methoxy groups -OCH3 is 1. The molecule has 128 valence electrons. The van der Waals surface area contributed by atoms with Crippen molar-refractivity contribution in [3.8, 4) is 11.5 Å². The van der Waals surface area contributed by atoms with Crippen molar-refractivity contribution in [2.45, 2.75) is 18.7 Å². The number of carbonyl (C=O) groups excluding carboxylic acids is 1. The van der Waals surface area contributed by atoms with Gasteiger partial charge < -0.3 is 14.8 Å². The van der Waals surface area contributed by atoms with Crippen LogP contribution >= 0.6 is 11.8 Å². The molecule has 0 bridgehead atoms. The number of aryl methyl sites for hydroxylation is 2. The highest BCUT2D eigenvalue weighted by atomic mass is 32.2. The van der Waals surface area contributed by atoms with E-state index in [4.69, 9.17) is 9.47 Å². The Morgan fingerprint density at radius 2 is 1.75 bits per heavy atom. The van der Waals surface area contributed by atoms with Crippen molar-refractivity contribution in [2.24, 2.45) is 0 Å². The lowest BCUT2D eigenvalue weighted by Gasteiger charge is -2.11. The molecule has 1 amide bonds. The first-order chi connectivity index (χ1) is 11.6. The van der Waals surface area contributed by atoms with E-state index < -0.39 is 0 Å². The van der Waals surface area contributed by atoms with Crippen molar-refractivity contribution < 1.29 is 14.3 Å². The van der Waals surface area contributed by atoms with E-state index in [-0.39, 0.29) is 12.5 Å². The van der Waals surface area contributed by atoms with Crippen LogP contribution in [0, 0.1) is 13.8 Å². The number of ether oxygens (including phenoxy) is 2. The highest BCUT2D eigenvalue weighted by Gasteiger charge is 2.07. The Bertz CT molecular complexity index is 671. The summed E-state index contributed by atoms with van der Waals surface area (Å²) >= 11 is 1.72. The van der Waals surface area contributed by atoms with Gasteiger partial charge >= 0.3 is 0 Å². The quantitative estimate of drug-likeness (QED) is 0.587. The summed E-state index contributed by atoms with van der Waals surface area (Å²) < 4.78 is 10.8. The van der Waals surface area contributed by atoms with Crippen LogP contribution in [-0.2, 0) is 4.79 Å². The van der Waals surface area contributed by atoms with Crippen molar-refractivity contribution in [1.82, 2.24) is 5.32 Å². The SMILES string of the molecule is COc1cc(C)ccc1OCC(=O)NCCSc1ccc(C)cc1. The molecule has 24 heavy (non-hydrogen) atoms. The molecule has 0 saturated heterocycles. The zero-order chi connectivity index (χ0) is 17.4. The Morgan fingerprint density at radius 1 is 1.04 bits per heavy atom. The van der Waals surface area contributed by atoms with Crippen LogP contribution in [0.5, 0.6) is 11.5 Å². The van der Waals surface area contributed by atoms with Crippen LogP contribution in [0.2, 0.25) is 0 Å². The minimum Gasteiger partial charge on any atom is -0.493 e. The molecular weight excluding hydrogens is 322 g/mol. The predicted octanol–water partition coefficient (Wildman–Crippen LogP) is 3.60. The smallest absolute Gasteiger partial charge is 0.257 e. The third-order valence-electron chi connectivity index (χ3n) is 3.39. The molecule has 0 aliphatic carbocycles. The van der Waals surface area contributed by atoms with Gasteiger partial charge in [-0.05, 0) is 43.7 Å². The van der Waals surface area contributed by atoms with Gasteiger partial charge in [-0.1, -0.05) is 23.8 Å². The summed E-state index contributed by atoms with van der Waals surface area (Å²) in [4.78, 5) is 13.1. The average Bonchev–Trinajstić information content (AvgIpc) is 2.59. The number of carbonyl (C=O) groups is 1. The van der Waals surface area contributed by atoms with E-state index in [1.165, 1.54) is 10.5 Å². The third kappa shape index (κ3) is 5.81. The Kier molecular flexibility index (Phi) is 7.00. The van der Waals surface area contributed by atoms with Gasteiger partial charge in [0.25, 0.3) is 5.91 Å². The van der Waals surface area contributed by atoms with E-state index in [1.807, 2.05) is 25.1 Å². The van der Waals surface area contributed by atoms with Gasteiger partial charge in [-0.3, -0.25) is 4.79 Å². The Hall–Kier alpha value is -2.14. The molecule has 2 aromatic carbocycles. The van der Waals surface area contributed by atoms with E-state index in [0.29, 0.717) is 18.0 Å². The summed E-state index contributed by atoms with van der Waals surface area (Å²) in [5.41, 5.74) is 2.33. The normalized spacial score (nSPS) is 10.3. The lowest BCUT2D eigenvalue weighted by atomic mass is 10.2. The van der Waals surface area contributed by atoms with E-state index >= 15 is 0 Å². The molecule has 0 atom stereocenters. The van der Waals surface area contributed by atoms with Gasteiger partial charge in [-0.15, -0.1) is 11.8 Å². The van der Waals surface area contributed by atoms with Crippen molar-refractivity contribution in [2.75, 3.05) is 26.0 Å². The van der Waals surface area contributed by atoms with Crippen LogP contribution in [0.1, 0.15) is 11.1 Å². The summed E-state index contributed by atoms with van der Waals surface area (Å²) in [6.07, 6.45) is 0. The van der Waals surface area contributed by atoms with Crippen LogP contribution < -0.4 is 14.8 Å². The fourth-order valence-corrected chi connectivity index (χ4v) is 2.85. The number of nitrogens with one attached hydrogen (secondary N) is 1. The standard InChI is InChI=1S/C19H23NO3S/c1-14-4-7-16(8-5-14)24-11-10-20-19(21)13-23-17-9-6-15(2)12-18(17)22-3/h4-9,12H,10-11,13H2,1-3H3,(H,20,21). The minimum absolute atomic E-state index is 0.0192. The topological polar surface area (TPSA) is 47.6 Å². The molecule has 5 heteroatoms. The maximum absolute atomic E-state index is 11.9. The Morgan fingerprint density at radius 3 is 2.46 bits per heavy atom. The third-order valence-corrected chi connectivity index (χ3v) is 4.41. The largest absolute Gasteiger partial charge is 0.493 e. The molecule has 0 saturated carbocycles. The van der Waals surface area contributed by atoms with Gasteiger partial charge in [0.15, 0.2) is 18.1 Å². The lowest BCUT2D eigenvalue weighted by Crippen LogP contribution is -2.30. The second-order valence-corrected chi connectivity index (χ2v) is 6.62. The summed E-state index contributed by atoms with van der Waals surface area (Å²) in [5, 5.41) is 2.86. The molecule has 0 aliphatic heterocycles. The zero-order valence-electron chi connectivity index (χ0n) is 14.3. The summed E-state index contributed by atoms with van der Waals surface area (Å²) in [6.45, 7) is 4.63. The summed E-state index contributed by atoms with van der Waals surface area (Å²) in [5.74, 6) is 1.90. The molecule has 0 unspecified atom stereocenters. The second-order valence-electron chi connectivity index (χ2n) is 5.45. The van der Waals surface area contributed by atoms with Crippen LogP contribution in [-0.4, -0.2) is 31.9 Å². The van der Waals surface area contributed by atoms with Crippen molar-refractivity contribution in [1.29, 1.82) is 0 Å². The fraction of sp³-hybridized carbons (Fsp3) is 0.316. The average molecular weight is 345 g/mol. The molecule has 0 heterocycles.